The van der Waals surface area contributed by atoms with Crippen LogP contribution < -0.4 is 5.32 Å². The van der Waals surface area contributed by atoms with Crippen LogP contribution in [0.5, 0.6) is 0 Å². The van der Waals surface area contributed by atoms with Crippen molar-refractivity contribution in [2.24, 2.45) is 11.8 Å². The van der Waals surface area contributed by atoms with Gasteiger partial charge in [0.05, 0.1) is 0 Å². The number of rotatable bonds is 3. The van der Waals surface area contributed by atoms with Gasteiger partial charge in [0.1, 0.15) is 5.52 Å². The van der Waals surface area contributed by atoms with Crippen LogP contribution in [-0.4, -0.2) is 18.1 Å². The molecule has 0 aliphatic carbocycles. The van der Waals surface area contributed by atoms with Crippen LogP contribution in [-0.2, 0) is 6.42 Å². The van der Waals surface area contributed by atoms with Crippen molar-refractivity contribution in [3.05, 3.63) is 29.7 Å². The number of hydrogen-bond donors (Lipinski definition) is 1. The van der Waals surface area contributed by atoms with Crippen molar-refractivity contribution in [2.75, 3.05) is 13.1 Å². The first-order chi connectivity index (χ1) is 9.22. The summed E-state index contributed by atoms with van der Waals surface area (Å²) in [6.07, 6.45) is 3.56. The van der Waals surface area contributed by atoms with Crippen LogP contribution in [0.1, 0.15) is 31.2 Å². The van der Waals surface area contributed by atoms with Gasteiger partial charge in [-0.05, 0) is 62.4 Å². The number of oxazole rings is 1. The van der Waals surface area contributed by atoms with Crippen molar-refractivity contribution in [3.8, 4) is 0 Å². The molecule has 1 aromatic heterocycles. The highest BCUT2D eigenvalue weighted by molar-refractivity contribution is 5.73. The summed E-state index contributed by atoms with van der Waals surface area (Å²) < 4.78 is 5.85. The van der Waals surface area contributed by atoms with Crippen LogP contribution in [0.2, 0.25) is 0 Å². The highest BCUT2D eigenvalue weighted by atomic mass is 16.3. The summed E-state index contributed by atoms with van der Waals surface area (Å²) >= 11 is 0. The SMILES string of the molecule is Cc1ccc2oc(CC(C)C3CCCNC3)nc2c1. The molecular weight excluding hydrogens is 236 g/mol. The Balaban J connectivity index is 1.73. The molecular formula is C16H22N2O. The van der Waals surface area contributed by atoms with E-state index >= 15 is 0 Å². The Hall–Kier alpha value is -1.35. The molecule has 3 nitrogen and oxygen atoms in total. The second-order valence-corrected chi connectivity index (χ2v) is 5.87. The van der Waals surface area contributed by atoms with Crippen molar-refractivity contribution in [2.45, 2.75) is 33.1 Å². The smallest absolute Gasteiger partial charge is 0.195 e. The summed E-state index contributed by atoms with van der Waals surface area (Å²) in [5.41, 5.74) is 3.13. The lowest BCUT2D eigenvalue weighted by Gasteiger charge is -2.27. The molecule has 1 saturated heterocycles. The lowest BCUT2D eigenvalue weighted by Crippen LogP contribution is -2.33. The molecule has 0 saturated carbocycles. The molecule has 1 aromatic carbocycles. The van der Waals surface area contributed by atoms with E-state index in [0.717, 1.165) is 35.9 Å². The highest BCUT2D eigenvalue weighted by Crippen LogP contribution is 2.25. The number of benzene rings is 1. The van der Waals surface area contributed by atoms with Gasteiger partial charge in [0.2, 0.25) is 0 Å². The zero-order valence-electron chi connectivity index (χ0n) is 11.8. The van der Waals surface area contributed by atoms with Crippen LogP contribution in [0, 0.1) is 18.8 Å². The minimum absolute atomic E-state index is 0.627. The van der Waals surface area contributed by atoms with Gasteiger partial charge in [-0.15, -0.1) is 0 Å². The second-order valence-electron chi connectivity index (χ2n) is 5.87. The standard InChI is InChI=1S/C16H22N2O/c1-11-5-6-15-14(8-11)18-16(19-15)9-12(2)13-4-3-7-17-10-13/h5-6,8,12-13,17H,3-4,7,9-10H2,1-2H3. The van der Waals surface area contributed by atoms with Gasteiger partial charge in [-0.25, -0.2) is 4.98 Å². The van der Waals surface area contributed by atoms with E-state index in [9.17, 15) is 0 Å². The first-order valence-corrected chi connectivity index (χ1v) is 7.29. The number of aryl methyl sites for hydroxylation is 1. The van der Waals surface area contributed by atoms with Crippen LogP contribution >= 0.6 is 0 Å². The molecule has 102 valence electrons. The zero-order valence-corrected chi connectivity index (χ0v) is 11.8. The van der Waals surface area contributed by atoms with Gasteiger partial charge in [0, 0.05) is 6.42 Å². The van der Waals surface area contributed by atoms with E-state index in [1.165, 1.54) is 24.9 Å². The Kier molecular flexibility index (Phi) is 3.56. The largest absolute Gasteiger partial charge is 0.441 e. The summed E-state index contributed by atoms with van der Waals surface area (Å²) in [5, 5.41) is 3.48. The second kappa shape index (κ2) is 5.33. The van der Waals surface area contributed by atoms with Crippen molar-refractivity contribution in [3.63, 3.8) is 0 Å². The first-order valence-electron chi connectivity index (χ1n) is 7.29. The number of hydrogen-bond acceptors (Lipinski definition) is 3. The fourth-order valence-electron chi connectivity index (χ4n) is 2.98. The molecule has 0 spiro atoms. The molecule has 0 amide bonds. The lowest BCUT2D eigenvalue weighted by molar-refractivity contribution is 0.267. The number of fused-ring (bicyclic) bond motifs is 1. The topological polar surface area (TPSA) is 38.1 Å². The average molecular weight is 258 g/mol. The fourth-order valence-corrected chi connectivity index (χ4v) is 2.98. The van der Waals surface area contributed by atoms with Gasteiger partial charge in [-0.2, -0.15) is 0 Å². The van der Waals surface area contributed by atoms with Gasteiger partial charge < -0.3 is 9.73 Å². The molecule has 3 rings (SSSR count). The van der Waals surface area contributed by atoms with Crippen molar-refractivity contribution in [1.29, 1.82) is 0 Å². The third-order valence-electron chi connectivity index (χ3n) is 4.22. The van der Waals surface area contributed by atoms with E-state index in [2.05, 4.69) is 36.3 Å². The summed E-state index contributed by atoms with van der Waals surface area (Å²) in [6.45, 7) is 6.72. The Morgan fingerprint density at radius 1 is 1.47 bits per heavy atom. The molecule has 3 heteroatoms. The van der Waals surface area contributed by atoms with E-state index in [1.54, 1.807) is 0 Å². The van der Waals surface area contributed by atoms with Gasteiger partial charge in [0.15, 0.2) is 11.5 Å². The molecule has 2 unspecified atom stereocenters. The Bertz CT molecular complexity index is 555. The molecule has 0 bridgehead atoms. The molecule has 1 aliphatic rings. The molecule has 19 heavy (non-hydrogen) atoms. The van der Waals surface area contributed by atoms with E-state index in [0.29, 0.717) is 5.92 Å². The maximum absolute atomic E-state index is 5.85. The summed E-state index contributed by atoms with van der Waals surface area (Å²) in [4.78, 5) is 4.62. The Morgan fingerprint density at radius 2 is 2.37 bits per heavy atom. The molecule has 0 radical (unpaired) electrons. The van der Waals surface area contributed by atoms with Gasteiger partial charge in [-0.3, -0.25) is 0 Å². The van der Waals surface area contributed by atoms with Gasteiger partial charge in [-0.1, -0.05) is 13.0 Å². The number of nitrogens with one attached hydrogen (secondary N) is 1. The third-order valence-corrected chi connectivity index (χ3v) is 4.22. The van der Waals surface area contributed by atoms with Crippen molar-refractivity contribution in [1.82, 2.24) is 10.3 Å². The molecule has 2 aromatic rings. The predicted molar refractivity (Wildman–Crippen MR) is 77.2 cm³/mol. The molecule has 1 fully saturated rings. The maximum Gasteiger partial charge on any atom is 0.195 e. The van der Waals surface area contributed by atoms with Crippen LogP contribution in [0.25, 0.3) is 11.1 Å². The van der Waals surface area contributed by atoms with Crippen LogP contribution in [0.15, 0.2) is 22.6 Å². The van der Waals surface area contributed by atoms with Crippen LogP contribution in [0.3, 0.4) is 0 Å². The van der Waals surface area contributed by atoms with E-state index in [1.807, 2.05) is 6.07 Å². The highest BCUT2D eigenvalue weighted by Gasteiger charge is 2.21. The van der Waals surface area contributed by atoms with E-state index in [-0.39, 0.29) is 0 Å². The molecule has 2 atom stereocenters. The van der Waals surface area contributed by atoms with Gasteiger partial charge >= 0.3 is 0 Å². The number of aromatic nitrogens is 1. The minimum atomic E-state index is 0.627. The molecule has 1 aliphatic heterocycles. The zero-order chi connectivity index (χ0) is 13.2. The van der Waals surface area contributed by atoms with Gasteiger partial charge in [0.25, 0.3) is 0 Å². The quantitative estimate of drug-likeness (QED) is 0.917. The Morgan fingerprint density at radius 3 is 3.16 bits per heavy atom. The summed E-state index contributed by atoms with van der Waals surface area (Å²) in [6, 6.07) is 6.19. The maximum atomic E-state index is 5.85. The van der Waals surface area contributed by atoms with Crippen molar-refractivity contribution >= 4 is 11.1 Å². The predicted octanol–water partition coefficient (Wildman–Crippen LogP) is 3.31. The monoisotopic (exact) mass is 258 g/mol. The Labute approximate surface area is 114 Å². The van der Waals surface area contributed by atoms with E-state index < -0.39 is 0 Å². The molecule has 2 heterocycles. The fraction of sp³-hybridized carbons (Fsp3) is 0.562. The molecule has 1 N–H and O–H groups in total. The lowest BCUT2D eigenvalue weighted by atomic mass is 9.85. The number of piperidine rings is 1. The normalized spacial score (nSPS) is 21.7. The number of nitrogens with zero attached hydrogens (tertiary/aromatic N) is 1. The van der Waals surface area contributed by atoms with Crippen LogP contribution in [0.4, 0.5) is 0 Å². The minimum Gasteiger partial charge on any atom is -0.441 e. The summed E-state index contributed by atoms with van der Waals surface area (Å²) in [5.74, 6) is 2.27. The third kappa shape index (κ3) is 2.81. The van der Waals surface area contributed by atoms with Crippen molar-refractivity contribution < 1.29 is 4.42 Å². The van der Waals surface area contributed by atoms with E-state index in [4.69, 9.17) is 4.42 Å². The average Bonchev–Trinajstić information content (AvgIpc) is 2.81. The summed E-state index contributed by atoms with van der Waals surface area (Å²) in [7, 11) is 0. The first kappa shape index (κ1) is 12.7.